The third kappa shape index (κ3) is 5.30. The molecule has 0 saturated carbocycles. The molecule has 0 atom stereocenters. The first-order chi connectivity index (χ1) is 12.0. The number of ether oxygens (including phenoxy) is 1. The Balaban J connectivity index is 2.05. The highest BCUT2D eigenvalue weighted by molar-refractivity contribution is 6.30. The monoisotopic (exact) mass is 360 g/mol. The van der Waals surface area contributed by atoms with E-state index in [-0.39, 0.29) is 18.5 Å². The van der Waals surface area contributed by atoms with Crippen molar-refractivity contribution in [3.63, 3.8) is 0 Å². The number of nitrogens with zero attached hydrogens (tertiary/aromatic N) is 2. The third-order valence-electron chi connectivity index (χ3n) is 3.27. The van der Waals surface area contributed by atoms with Crippen molar-refractivity contribution in [2.45, 2.75) is 6.42 Å². The second kappa shape index (κ2) is 8.81. The van der Waals surface area contributed by atoms with Crippen LogP contribution < -0.4 is 4.90 Å². The number of rotatable bonds is 6. The lowest BCUT2D eigenvalue weighted by molar-refractivity contribution is -0.121. The van der Waals surface area contributed by atoms with Gasteiger partial charge in [0.05, 0.1) is 18.1 Å². The van der Waals surface area contributed by atoms with E-state index in [1.807, 2.05) is 6.07 Å². The van der Waals surface area contributed by atoms with Gasteiger partial charge in [0.15, 0.2) is 6.61 Å². The van der Waals surface area contributed by atoms with Gasteiger partial charge in [0.1, 0.15) is 5.82 Å². The molecule has 2 aromatic rings. The number of esters is 1. The van der Waals surface area contributed by atoms with E-state index >= 15 is 0 Å². The van der Waals surface area contributed by atoms with Crippen molar-refractivity contribution in [2.24, 2.45) is 0 Å². The molecule has 0 aliphatic rings. The molecule has 0 bridgehead atoms. The van der Waals surface area contributed by atoms with Crippen molar-refractivity contribution in [1.29, 1.82) is 5.26 Å². The van der Waals surface area contributed by atoms with Crippen molar-refractivity contribution in [1.82, 2.24) is 0 Å². The van der Waals surface area contributed by atoms with Gasteiger partial charge in [-0.3, -0.25) is 4.79 Å². The Morgan fingerprint density at radius 1 is 1.20 bits per heavy atom. The minimum atomic E-state index is -0.685. The second-order valence-corrected chi connectivity index (χ2v) is 5.45. The van der Waals surface area contributed by atoms with Crippen molar-refractivity contribution in [3.8, 4) is 6.07 Å². The molecule has 2 rings (SSSR count). The standard InChI is InChI=1S/C18H14ClFN2O3/c19-14-4-1-3-13(11-14)18(24)25-12-17(23)22(10-2-9-21)16-7-5-15(20)6-8-16/h1,3-8,11H,2,10,12H2. The van der Waals surface area contributed by atoms with E-state index < -0.39 is 24.3 Å². The summed E-state index contributed by atoms with van der Waals surface area (Å²) >= 11 is 5.81. The summed E-state index contributed by atoms with van der Waals surface area (Å²) < 4.78 is 18.0. The van der Waals surface area contributed by atoms with Gasteiger partial charge in [-0.25, -0.2) is 9.18 Å². The van der Waals surface area contributed by atoms with Gasteiger partial charge in [-0.05, 0) is 42.5 Å². The average molecular weight is 361 g/mol. The Morgan fingerprint density at radius 2 is 1.92 bits per heavy atom. The number of hydrogen-bond donors (Lipinski definition) is 0. The largest absolute Gasteiger partial charge is 0.452 e. The summed E-state index contributed by atoms with van der Waals surface area (Å²) in [4.78, 5) is 25.6. The molecule has 2 aromatic carbocycles. The van der Waals surface area contributed by atoms with E-state index in [9.17, 15) is 14.0 Å². The highest BCUT2D eigenvalue weighted by atomic mass is 35.5. The summed E-state index contributed by atoms with van der Waals surface area (Å²) in [5.41, 5.74) is 0.645. The van der Waals surface area contributed by atoms with Crippen molar-refractivity contribution >= 4 is 29.2 Å². The molecular formula is C18H14ClFN2O3. The Bertz CT molecular complexity index is 803. The molecule has 1 amide bonds. The fourth-order valence-corrected chi connectivity index (χ4v) is 2.27. The van der Waals surface area contributed by atoms with Gasteiger partial charge in [0, 0.05) is 17.3 Å². The topological polar surface area (TPSA) is 70.4 Å². The number of benzene rings is 2. The molecule has 7 heteroatoms. The number of amides is 1. The maximum absolute atomic E-state index is 13.0. The maximum Gasteiger partial charge on any atom is 0.338 e. The van der Waals surface area contributed by atoms with Crippen LogP contribution in [0.15, 0.2) is 48.5 Å². The van der Waals surface area contributed by atoms with Crippen LogP contribution in [-0.2, 0) is 9.53 Å². The summed E-state index contributed by atoms with van der Waals surface area (Å²) in [6, 6.07) is 13.4. The third-order valence-corrected chi connectivity index (χ3v) is 3.51. The lowest BCUT2D eigenvalue weighted by Gasteiger charge is -2.21. The molecule has 0 aliphatic carbocycles. The normalized spacial score (nSPS) is 9.96. The van der Waals surface area contributed by atoms with Crippen LogP contribution in [0.1, 0.15) is 16.8 Å². The highest BCUT2D eigenvalue weighted by Gasteiger charge is 2.18. The van der Waals surface area contributed by atoms with Gasteiger partial charge in [-0.1, -0.05) is 17.7 Å². The number of anilines is 1. The molecule has 0 saturated heterocycles. The van der Waals surface area contributed by atoms with E-state index in [4.69, 9.17) is 21.6 Å². The zero-order chi connectivity index (χ0) is 18.2. The predicted molar refractivity (Wildman–Crippen MR) is 90.7 cm³/mol. The molecule has 128 valence electrons. The Morgan fingerprint density at radius 3 is 2.56 bits per heavy atom. The van der Waals surface area contributed by atoms with Crippen LogP contribution >= 0.6 is 11.6 Å². The zero-order valence-corrected chi connectivity index (χ0v) is 13.9. The smallest absolute Gasteiger partial charge is 0.338 e. The zero-order valence-electron chi connectivity index (χ0n) is 13.1. The quantitative estimate of drug-likeness (QED) is 0.738. The molecule has 0 spiro atoms. The van der Waals surface area contributed by atoms with Gasteiger partial charge in [-0.2, -0.15) is 5.26 Å². The first-order valence-electron chi connectivity index (χ1n) is 7.37. The minimum absolute atomic E-state index is 0.0886. The highest BCUT2D eigenvalue weighted by Crippen LogP contribution is 2.16. The van der Waals surface area contributed by atoms with Gasteiger partial charge in [0.2, 0.25) is 0 Å². The maximum atomic E-state index is 13.0. The van der Waals surface area contributed by atoms with Crippen LogP contribution in [0.3, 0.4) is 0 Å². The van der Waals surface area contributed by atoms with Crippen LogP contribution in [-0.4, -0.2) is 25.0 Å². The van der Waals surface area contributed by atoms with Crippen molar-refractivity contribution in [3.05, 3.63) is 64.9 Å². The molecule has 0 fully saturated rings. The van der Waals surface area contributed by atoms with Crippen LogP contribution in [0, 0.1) is 17.1 Å². The summed E-state index contributed by atoms with van der Waals surface area (Å²) in [6.45, 7) is -0.399. The average Bonchev–Trinajstić information content (AvgIpc) is 2.61. The minimum Gasteiger partial charge on any atom is -0.452 e. The second-order valence-electron chi connectivity index (χ2n) is 5.02. The van der Waals surface area contributed by atoms with Crippen molar-refractivity contribution in [2.75, 3.05) is 18.1 Å². The molecule has 0 unspecified atom stereocenters. The molecule has 0 aromatic heterocycles. The van der Waals surface area contributed by atoms with Crippen molar-refractivity contribution < 1.29 is 18.7 Å². The Hall–Kier alpha value is -2.91. The Labute approximate surface area is 149 Å². The number of nitriles is 1. The summed E-state index contributed by atoms with van der Waals surface area (Å²) in [7, 11) is 0. The summed E-state index contributed by atoms with van der Waals surface area (Å²) in [5.74, 6) is -1.64. The Kier molecular flexibility index (Phi) is 6.49. The van der Waals surface area contributed by atoms with Crippen LogP contribution in [0.2, 0.25) is 5.02 Å². The first kappa shape index (κ1) is 18.4. The summed E-state index contributed by atoms with van der Waals surface area (Å²) in [5, 5.41) is 9.11. The molecule has 0 N–H and O–H groups in total. The lowest BCUT2D eigenvalue weighted by atomic mass is 10.2. The van der Waals surface area contributed by atoms with E-state index in [2.05, 4.69) is 0 Å². The SMILES string of the molecule is N#CCCN(C(=O)COC(=O)c1cccc(Cl)c1)c1ccc(F)cc1. The van der Waals surface area contributed by atoms with Crippen LogP contribution in [0.5, 0.6) is 0 Å². The van der Waals surface area contributed by atoms with E-state index in [0.717, 1.165) is 0 Å². The fourth-order valence-electron chi connectivity index (χ4n) is 2.08. The molecule has 5 nitrogen and oxygen atoms in total. The number of carbonyl (C=O) groups excluding carboxylic acids is 2. The van der Waals surface area contributed by atoms with Gasteiger partial charge < -0.3 is 9.64 Å². The molecule has 0 aliphatic heterocycles. The molecular weight excluding hydrogens is 347 g/mol. The van der Waals surface area contributed by atoms with Crippen LogP contribution in [0.25, 0.3) is 0 Å². The number of halogens is 2. The lowest BCUT2D eigenvalue weighted by Crippen LogP contribution is -2.35. The molecule has 25 heavy (non-hydrogen) atoms. The number of carbonyl (C=O) groups is 2. The van der Waals surface area contributed by atoms with E-state index in [1.165, 1.54) is 41.3 Å². The van der Waals surface area contributed by atoms with Gasteiger partial charge in [0.25, 0.3) is 5.91 Å². The fraction of sp³-hybridized carbons (Fsp3) is 0.167. The summed E-state index contributed by atoms with van der Waals surface area (Å²) in [6.07, 6.45) is 0.0886. The predicted octanol–water partition coefficient (Wildman–Crippen LogP) is 3.58. The van der Waals surface area contributed by atoms with Gasteiger partial charge >= 0.3 is 5.97 Å². The van der Waals surface area contributed by atoms with E-state index in [1.54, 1.807) is 12.1 Å². The van der Waals surface area contributed by atoms with Crippen LogP contribution in [0.4, 0.5) is 10.1 Å². The number of hydrogen-bond acceptors (Lipinski definition) is 4. The van der Waals surface area contributed by atoms with Gasteiger partial charge in [-0.15, -0.1) is 0 Å². The molecule has 0 heterocycles. The molecule has 0 radical (unpaired) electrons. The van der Waals surface area contributed by atoms with E-state index in [0.29, 0.717) is 10.7 Å². The first-order valence-corrected chi connectivity index (χ1v) is 7.74.